The summed E-state index contributed by atoms with van der Waals surface area (Å²) in [6.07, 6.45) is 0. The van der Waals surface area contributed by atoms with Crippen LogP contribution in [0.15, 0.2) is 70.4 Å². The molecule has 3 rings (SSSR count). The molecule has 0 spiro atoms. The number of pyridine rings is 1. The van der Waals surface area contributed by atoms with Gasteiger partial charge in [-0.2, -0.15) is 5.26 Å². The van der Waals surface area contributed by atoms with E-state index in [4.69, 9.17) is 5.26 Å². The molecule has 0 aliphatic carbocycles. The quantitative estimate of drug-likeness (QED) is 0.547. The minimum Gasteiger partial charge on any atom is -0.303 e. The summed E-state index contributed by atoms with van der Waals surface area (Å²) in [5.74, 6) is 0. The van der Waals surface area contributed by atoms with Crippen LogP contribution in [0.4, 0.5) is 0 Å². The molecular weight excluding hydrogens is 280 g/mol. The molecule has 3 aromatic rings. The third-order valence-corrected chi connectivity index (χ3v) is 3.91. The zero-order valence-corrected chi connectivity index (χ0v) is 12.0. The Morgan fingerprint density at radius 3 is 2.52 bits per heavy atom. The van der Waals surface area contributed by atoms with Crippen molar-refractivity contribution in [3.05, 3.63) is 76.6 Å². The first kappa shape index (κ1) is 13.5. The molecule has 0 bridgehead atoms. The van der Waals surface area contributed by atoms with Crippen LogP contribution in [-0.2, 0) is 6.54 Å². The normalized spacial score (nSPS) is 10.4. The maximum absolute atomic E-state index is 12.6. The number of nitrogens with zero attached hydrogens (tertiary/aromatic N) is 2. The second-order valence-corrected chi connectivity index (χ2v) is 5.46. The summed E-state index contributed by atoms with van der Waals surface area (Å²) in [6.45, 7) is 0.500. The number of thiocyanates is 1. The van der Waals surface area contributed by atoms with E-state index in [0.717, 1.165) is 28.2 Å². The summed E-state index contributed by atoms with van der Waals surface area (Å²) in [5, 5.41) is 11.8. The molecule has 1 heterocycles. The molecule has 0 saturated carbocycles. The minimum absolute atomic E-state index is 0.121. The maximum Gasteiger partial charge on any atom is 0.266 e. The van der Waals surface area contributed by atoms with Crippen LogP contribution in [0.25, 0.3) is 10.9 Å². The van der Waals surface area contributed by atoms with Gasteiger partial charge in [-0.1, -0.05) is 48.5 Å². The van der Waals surface area contributed by atoms with E-state index in [0.29, 0.717) is 11.4 Å². The van der Waals surface area contributed by atoms with Gasteiger partial charge >= 0.3 is 0 Å². The van der Waals surface area contributed by atoms with Crippen molar-refractivity contribution in [2.24, 2.45) is 0 Å². The van der Waals surface area contributed by atoms with Crippen molar-refractivity contribution in [1.29, 1.82) is 5.26 Å². The first-order valence-electron chi connectivity index (χ1n) is 6.52. The number of thioether (sulfide) groups is 1. The molecule has 3 nitrogen and oxygen atoms in total. The molecule has 0 N–H and O–H groups in total. The Morgan fingerprint density at radius 2 is 1.76 bits per heavy atom. The van der Waals surface area contributed by atoms with E-state index in [-0.39, 0.29) is 5.56 Å². The summed E-state index contributed by atoms with van der Waals surface area (Å²) in [4.78, 5) is 13.0. The fraction of sp³-hybridized carbons (Fsp3) is 0.0588. The summed E-state index contributed by atoms with van der Waals surface area (Å²) in [7, 11) is 0. The van der Waals surface area contributed by atoms with Crippen LogP contribution in [0, 0.1) is 10.7 Å². The molecule has 21 heavy (non-hydrogen) atoms. The lowest BCUT2D eigenvalue weighted by atomic mass is 10.2. The van der Waals surface area contributed by atoms with Crippen LogP contribution >= 0.6 is 11.8 Å². The van der Waals surface area contributed by atoms with Crippen LogP contribution < -0.4 is 5.56 Å². The van der Waals surface area contributed by atoms with Gasteiger partial charge in [0.15, 0.2) is 0 Å². The third kappa shape index (κ3) is 2.69. The van der Waals surface area contributed by atoms with E-state index in [1.807, 2.05) is 60.0 Å². The van der Waals surface area contributed by atoms with Gasteiger partial charge in [-0.05, 0) is 34.8 Å². The molecule has 2 aromatic carbocycles. The van der Waals surface area contributed by atoms with Crippen LogP contribution in [-0.4, -0.2) is 4.57 Å². The topological polar surface area (TPSA) is 45.8 Å². The summed E-state index contributed by atoms with van der Waals surface area (Å²) >= 11 is 0.914. The Hall–Kier alpha value is -2.51. The second-order valence-electron chi connectivity index (χ2n) is 4.64. The van der Waals surface area contributed by atoms with Crippen molar-refractivity contribution >= 4 is 22.7 Å². The van der Waals surface area contributed by atoms with Crippen LogP contribution in [0.2, 0.25) is 0 Å². The van der Waals surface area contributed by atoms with E-state index in [1.165, 1.54) is 0 Å². The first-order chi connectivity index (χ1) is 10.3. The van der Waals surface area contributed by atoms with Crippen molar-refractivity contribution in [2.75, 3.05) is 0 Å². The van der Waals surface area contributed by atoms with Gasteiger partial charge in [0, 0.05) is 0 Å². The molecule has 0 saturated heterocycles. The molecule has 0 fully saturated rings. The third-order valence-electron chi connectivity index (χ3n) is 3.31. The van der Waals surface area contributed by atoms with Gasteiger partial charge in [0.05, 0.1) is 17.0 Å². The van der Waals surface area contributed by atoms with Crippen LogP contribution in [0.3, 0.4) is 0 Å². The zero-order chi connectivity index (χ0) is 14.7. The summed E-state index contributed by atoms with van der Waals surface area (Å²) in [6, 6.07) is 19.4. The lowest BCUT2D eigenvalue weighted by Gasteiger charge is -2.11. The summed E-state index contributed by atoms with van der Waals surface area (Å²) in [5.41, 5.74) is 1.82. The van der Waals surface area contributed by atoms with E-state index in [1.54, 1.807) is 10.6 Å². The highest BCUT2D eigenvalue weighted by molar-refractivity contribution is 8.03. The number of rotatable bonds is 3. The van der Waals surface area contributed by atoms with E-state index < -0.39 is 0 Å². The molecular formula is C17H12N2OS. The van der Waals surface area contributed by atoms with Gasteiger partial charge < -0.3 is 4.57 Å². The van der Waals surface area contributed by atoms with Gasteiger partial charge in [-0.25, -0.2) is 0 Å². The van der Waals surface area contributed by atoms with Crippen molar-refractivity contribution in [3.8, 4) is 5.40 Å². The van der Waals surface area contributed by atoms with Gasteiger partial charge in [0.25, 0.3) is 5.56 Å². The van der Waals surface area contributed by atoms with E-state index >= 15 is 0 Å². The number of benzene rings is 2. The lowest BCUT2D eigenvalue weighted by molar-refractivity contribution is 0.777. The molecule has 4 heteroatoms. The number of para-hydroxylation sites is 1. The first-order valence-corrected chi connectivity index (χ1v) is 7.33. The highest BCUT2D eigenvalue weighted by atomic mass is 32.2. The monoisotopic (exact) mass is 292 g/mol. The Labute approximate surface area is 126 Å². The fourth-order valence-corrected chi connectivity index (χ4v) is 2.83. The lowest BCUT2D eigenvalue weighted by Crippen LogP contribution is -2.22. The Morgan fingerprint density at radius 1 is 1.05 bits per heavy atom. The molecule has 0 aliphatic rings. The number of aromatic nitrogens is 1. The largest absolute Gasteiger partial charge is 0.303 e. The van der Waals surface area contributed by atoms with Gasteiger partial charge in [-0.15, -0.1) is 0 Å². The van der Waals surface area contributed by atoms with Gasteiger partial charge in [-0.3, -0.25) is 4.79 Å². The molecule has 1 aromatic heterocycles. The minimum atomic E-state index is -0.121. The molecule has 0 radical (unpaired) electrons. The van der Waals surface area contributed by atoms with Gasteiger partial charge in [0.1, 0.15) is 5.40 Å². The highest BCUT2D eigenvalue weighted by Crippen LogP contribution is 2.20. The molecule has 0 amide bonds. The summed E-state index contributed by atoms with van der Waals surface area (Å²) < 4.78 is 1.73. The maximum atomic E-state index is 12.6. The number of fused-ring (bicyclic) bond motifs is 1. The number of hydrogen-bond donors (Lipinski definition) is 0. The Bertz CT molecular complexity index is 879. The van der Waals surface area contributed by atoms with Gasteiger partial charge in [0.2, 0.25) is 0 Å². The molecule has 0 unspecified atom stereocenters. The molecule has 0 aliphatic heterocycles. The van der Waals surface area contributed by atoms with Crippen LogP contribution in [0.1, 0.15) is 5.56 Å². The fourth-order valence-electron chi connectivity index (χ4n) is 2.35. The molecule has 0 atom stereocenters. The molecule has 102 valence electrons. The SMILES string of the molecule is N#CSc1cc2ccccc2n(Cc2ccccc2)c1=O. The highest BCUT2D eigenvalue weighted by Gasteiger charge is 2.10. The van der Waals surface area contributed by atoms with E-state index in [2.05, 4.69) is 0 Å². The predicted molar refractivity (Wildman–Crippen MR) is 85.2 cm³/mol. The predicted octanol–water partition coefficient (Wildman–Crippen LogP) is 3.62. The average Bonchev–Trinajstić information content (AvgIpc) is 2.52. The van der Waals surface area contributed by atoms with Crippen molar-refractivity contribution < 1.29 is 0 Å². The second kappa shape index (κ2) is 5.86. The standard InChI is InChI=1S/C17H12N2OS/c18-12-21-16-10-14-8-4-5-9-15(14)19(17(16)20)11-13-6-2-1-3-7-13/h1-10H,11H2. The number of hydrogen-bond acceptors (Lipinski definition) is 3. The van der Waals surface area contributed by atoms with Crippen molar-refractivity contribution in [1.82, 2.24) is 4.57 Å². The Balaban J connectivity index is 2.22. The van der Waals surface area contributed by atoms with E-state index in [9.17, 15) is 4.79 Å². The van der Waals surface area contributed by atoms with Crippen molar-refractivity contribution in [3.63, 3.8) is 0 Å². The van der Waals surface area contributed by atoms with Crippen molar-refractivity contribution in [2.45, 2.75) is 11.4 Å². The smallest absolute Gasteiger partial charge is 0.266 e. The Kier molecular flexibility index (Phi) is 3.76. The average molecular weight is 292 g/mol. The zero-order valence-electron chi connectivity index (χ0n) is 11.2. The van der Waals surface area contributed by atoms with Crippen LogP contribution in [0.5, 0.6) is 0 Å². The number of nitriles is 1.